The van der Waals surface area contributed by atoms with Crippen LogP contribution in [0.15, 0.2) is 0 Å². The molecular weight excluding hydrogens is 187 g/mol. The fourth-order valence-corrected chi connectivity index (χ4v) is 0.0732. The topological polar surface area (TPSA) is 23.8 Å². The lowest BCUT2D eigenvalue weighted by Gasteiger charge is -2.03. The number of alkyl halides is 4. The Morgan fingerprint density at radius 1 is 1.50 bits per heavy atom. The van der Waals surface area contributed by atoms with Gasteiger partial charge in [-0.05, 0) is 0 Å². The van der Waals surface area contributed by atoms with Gasteiger partial charge in [-0.3, -0.25) is 0 Å². The fraction of sp³-hybridized carbons (Fsp3) is 0.667. The Labute approximate surface area is 52.2 Å². The summed E-state index contributed by atoms with van der Waals surface area (Å²) in [6.07, 6.45) is -4.44. The molecule has 1 atom stereocenters. The lowest BCUT2D eigenvalue weighted by atomic mass is 10.5. The van der Waals surface area contributed by atoms with E-state index in [0.29, 0.717) is 0 Å². The zero-order chi connectivity index (χ0) is 6.78. The summed E-state index contributed by atoms with van der Waals surface area (Å²) < 4.78 is 33.5. The van der Waals surface area contributed by atoms with Crippen molar-refractivity contribution in [3.05, 3.63) is 0 Å². The monoisotopic (exact) mass is 187 g/mol. The molecule has 0 aromatic rings. The minimum atomic E-state index is -4.44. The Morgan fingerprint density at radius 2 is 1.88 bits per heavy atom. The molecule has 1 nitrogen and oxygen atoms in total. The second-order valence-electron chi connectivity index (χ2n) is 1.03. The molecule has 0 rings (SSSR count). The second-order valence-corrected chi connectivity index (χ2v) is 1.95. The molecule has 0 saturated heterocycles. The van der Waals surface area contributed by atoms with Crippen molar-refractivity contribution in [1.29, 1.82) is 5.26 Å². The van der Waals surface area contributed by atoms with Crippen LogP contribution in [0.25, 0.3) is 0 Å². The Hall–Kier alpha value is -0.240. The van der Waals surface area contributed by atoms with E-state index in [4.69, 9.17) is 5.26 Å². The molecule has 0 aliphatic carbocycles. The molecule has 0 aliphatic heterocycles. The third-order valence-corrected chi connectivity index (χ3v) is 1.12. The van der Waals surface area contributed by atoms with Gasteiger partial charge in [0.15, 0.2) is 4.83 Å². The molecule has 0 radical (unpaired) electrons. The van der Waals surface area contributed by atoms with Gasteiger partial charge in [-0.15, -0.1) is 0 Å². The summed E-state index contributed by atoms with van der Waals surface area (Å²) in [5, 5.41) is 7.65. The molecule has 0 saturated carbocycles. The fourth-order valence-electron chi connectivity index (χ4n) is 0.0732. The zero-order valence-electron chi connectivity index (χ0n) is 3.54. The van der Waals surface area contributed by atoms with Gasteiger partial charge in [0, 0.05) is 0 Å². The molecule has 0 fully saturated rings. The highest BCUT2D eigenvalue weighted by molar-refractivity contribution is 9.09. The first-order valence-electron chi connectivity index (χ1n) is 1.59. The van der Waals surface area contributed by atoms with E-state index in [-0.39, 0.29) is 0 Å². The predicted molar refractivity (Wildman–Crippen MR) is 24.4 cm³/mol. The lowest BCUT2D eigenvalue weighted by molar-refractivity contribution is -0.117. The first-order chi connectivity index (χ1) is 3.48. The van der Waals surface area contributed by atoms with E-state index in [2.05, 4.69) is 15.9 Å². The Bertz CT molecular complexity index is 113. The van der Waals surface area contributed by atoms with E-state index in [0.717, 1.165) is 6.07 Å². The third kappa shape index (κ3) is 2.17. The van der Waals surface area contributed by atoms with Gasteiger partial charge in [-0.1, -0.05) is 15.9 Å². The maximum absolute atomic E-state index is 11.2. The maximum Gasteiger partial charge on any atom is 0.414 e. The average molecular weight is 188 g/mol. The zero-order valence-corrected chi connectivity index (χ0v) is 5.12. The summed E-state index contributed by atoms with van der Waals surface area (Å²) in [4.78, 5) is -2.03. The molecule has 0 bridgehead atoms. The van der Waals surface area contributed by atoms with Crippen LogP contribution >= 0.6 is 15.9 Å². The van der Waals surface area contributed by atoms with Crippen LogP contribution in [-0.2, 0) is 0 Å². The highest BCUT2D eigenvalue weighted by Crippen LogP contribution is 2.24. The van der Waals surface area contributed by atoms with Crippen LogP contribution in [0.2, 0.25) is 0 Å². The van der Waals surface area contributed by atoms with Gasteiger partial charge >= 0.3 is 6.18 Å². The molecule has 0 aliphatic rings. The summed E-state index contributed by atoms with van der Waals surface area (Å²) in [6, 6.07) is 0.997. The Kier molecular flexibility index (Phi) is 2.28. The molecule has 0 aromatic heterocycles. The summed E-state index contributed by atoms with van der Waals surface area (Å²) >= 11 is 2.11. The quantitative estimate of drug-likeness (QED) is 0.532. The van der Waals surface area contributed by atoms with Crippen molar-refractivity contribution >= 4 is 15.9 Å². The summed E-state index contributed by atoms with van der Waals surface area (Å²) in [5.74, 6) is 0. The number of rotatable bonds is 0. The van der Waals surface area contributed by atoms with Crippen molar-refractivity contribution in [2.75, 3.05) is 0 Å². The van der Waals surface area contributed by atoms with Crippen LogP contribution in [0.5, 0.6) is 0 Å². The number of hydrogen-bond acceptors (Lipinski definition) is 1. The average Bonchev–Trinajstić information content (AvgIpc) is 1.62. The van der Waals surface area contributed by atoms with Crippen molar-refractivity contribution < 1.29 is 13.2 Å². The molecule has 46 valence electrons. The van der Waals surface area contributed by atoms with Gasteiger partial charge in [0.1, 0.15) is 0 Å². The third-order valence-electron chi connectivity index (χ3n) is 0.401. The van der Waals surface area contributed by atoms with Gasteiger partial charge in [-0.2, -0.15) is 18.4 Å². The van der Waals surface area contributed by atoms with Gasteiger partial charge < -0.3 is 0 Å². The smallest absolute Gasteiger partial charge is 0.197 e. The maximum atomic E-state index is 11.2. The molecule has 0 spiro atoms. The normalized spacial score (nSPS) is 14.9. The summed E-state index contributed by atoms with van der Waals surface area (Å²) in [7, 11) is 0. The molecule has 1 unspecified atom stereocenters. The van der Waals surface area contributed by atoms with Crippen molar-refractivity contribution in [2.45, 2.75) is 11.0 Å². The summed E-state index contributed by atoms with van der Waals surface area (Å²) in [5.41, 5.74) is 0. The van der Waals surface area contributed by atoms with Crippen LogP contribution in [-0.4, -0.2) is 11.0 Å². The molecule has 0 amide bonds. The molecule has 8 heavy (non-hydrogen) atoms. The van der Waals surface area contributed by atoms with E-state index in [1.807, 2.05) is 0 Å². The first kappa shape index (κ1) is 7.76. The SMILES string of the molecule is N#CC(Br)C(F)(F)F. The van der Waals surface area contributed by atoms with Gasteiger partial charge in [-0.25, -0.2) is 0 Å². The number of nitriles is 1. The highest BCUT2D eigenvalue weighted by atomic mass is 79.9. The molecular formula is C3HBrF3N. The Balaban J connectivity index is 3.87. The number of halogens is 4. The van der Waals surface area contributed by atoms with Crippen molar-refractivity contribution in [3.63, 3.8) is 0 Å². The molecule has 0 N–H and O–H groups in total. The number of hydrogen-bond donors (Lipinski definition) is 0. The van der Waals surface area contributed by atoms with E-state index < -0.39 is 11.0 Å². The standard InChI is InChI=1S/C3HBrF3N/c4-2(1-8)3(5,6)7/h2H. The summed E-state index contributed by atoms with van der Waals surface area (Å²) in [6.45, 7) is 0. The van der Waals surface area contributed by atoms with Crippen LogP contribution in [0, 0.1) is 11.3 Å². The van der Waals surface area contributed by atoms with Crippen LogP contribution in [0.3, 0.4) is 0 Å². The van der Waals surface area contributed by atoms with Crippen molar-refractivity contribution in [3.8, 4) is 6.07 Å². The number of nitrogens with zero attached hydrogens (tertiary/aromatic N) is 1. The van der Waals surface area contributed by atoms with E-state index >= 15 is 0 Å². The van der Waals surface area contributed by atoms with Gasteiger partial charge in [0.05, 0.1) is 6.07 Å². The van der Waals surface area contributed by atoms with E-state index in [1.165, 1.54) is 0 Å². The van der Waals surface area contributed by atoms with E-state index in [1.54, 1.807) is 0 Å². The molecule has 5 heteroatoms. The first-order valence-corrected chi connectivity index (χ1v) is 2.50. The largest absolute Gasteiger partial charge is 0.414 e. The van der Waals surface area contributed by atoms with Crippen LogP contribution in [0.4, 0.5) is 13.2 Å². The lowest BCUT2D eigenvalue weighted by Crippen LogP contribution is -2.20. The second kappa shape index (κ2) is 2.35. The molecule has 0 aromatic carbocycles. The minimum absolute atomic E-state index is 0.997. The minimum Gasteiger partial charge on any atom is -0.197 e. The van der Waals surface area contributed by atoms with Gasteiger partial charge in [0.2, 0.25) is 0 Å². The van der Waals surface area contributed by atoms with Crippen molar-refractivity contribution in [2.24, 2.45) is 0 Å². The molecule has 0 heterocycles. The van der Waals surface area contributed by atoms with E-state index in [9.17, 15) is 13.2 Å². The Morgan fingerprint density at radius 3 is 1.88 bits per heavy atom. The van der Waals surface area contributed by atoms with Crippen LogP contribution < -0.4 is 0 Å². The highest BCUT2D eigenvalue weighted by Gasteiger charge is 2.37. The van der Waals surface area contributed by atoms with Crippen molar-refractivity contribution in [1.82, 2.24) is 0 Å². The van der Waals surface area contributed by atoms with Crippen LogP contribution in [0.1, 0.15) is 0 Å². The van der Waals surface area contributed by atoms with Gasteiger partial charge in [0.25, 0.3) is 0 Å². The predicted octanol–water partition coefficient (Wildman–Crippen LogP) is 1.84.